The van der Waals surface area contributed by atoms with E-state index in [0.29, 0.717) is 5.56 Å². The van der Waals surface area contributed by atoms with Gasteiger partial charge in [0.25, 0.3) is 0 Å². The van der Waals surface area contributed by atoms with Crippen LogP contribution < -0.4 is 10.5 Å². The number of carbonyl (C=O) groups excluding carboxylic acids is 2. The van der Waals surface area contributed by atoms with Crippen molar-refractivity contribution in [1.29, 1.82) is 0 Å². The molecule has 0 saturated carbocycles. The number of halogens is 3. The van der Waals surface area contributed by atoms with Gasteiger partial charge in [0.15, 0.2) is 5.15 Å². The van der Waals surface area contributed by atoms with E-state index >= 15 is 0 Å². The summed E-state index contributed by atoms with van der Waals surface area (Å²) in [4.78, 5) is 26.2. The smallest absolute Gasteiger partial charge is 0.338 e. The number of esters is 1. The van der Waals surface area contributed by atoms with Crippen LogP contribution in [0.1, 0.15) is 26.4 Å². The van der Waals surface area contributed by atoms with Crippen molar-refractivity contribution >= 4 is 58.6 Å². The van der Waals surface area contributed by atoms with E-state index in [-0.39, 0.29) is 26.4 Å². The van der Waals surface area contributed by atoms with Gasteiger partial charge in [-0.2, -0.15) is 5.10 Å². The summed E-state index contributed by atoms with van der Waals surface area (Å²) in [7, 11) is 1.26. The van der Waals surface area contributed by atoms with E-state index in [1.165, 1.54) is 13.3 Å². The van der Waals surface area contributed by atoms with E-state index in [0.717, 1.165) is 0 Å². The molecule has 0 bridgehead atoms. The molecule has 7 nitrogen and oxygen atoms in total. The molecule has 1 aromatic heterocycles. The van der Waals surface area contributed by atoms with Crippen molar-refractivity contribution in [3.63, 3.8) is 0 Å². The molecule has 0 atom stereocenters. The number of aromatic carboxylic acids is 1. The third-order valence-corrected chi connectivity index (χ3v) is 4.08. The zero-order valence-electron chi connectivity index (χ0n) is 12.5. The molecule has 0 saturated heterocycles. The first-order valence-corrected chi connectivity index (χ1v) is 7.72. The Labute approximate surface area is 157 Å². The van der Waals surface area contributed by atoms with Gasteiger partial charge < -0.3 is 14.6 Å². The van der Waals surface area contributed by atoms with Crippen LogP contribution in [-0.2, 0) is 4.74 Å². The Bertz CT molecular complexity index is 871. The monoisotopic (exact) mass is 400 g/mol. The Morgan fingerprint density at radius 3 is 2.56 bits per heavy atom. The van der Waals surface area contributed by atoms with Crippen LogP contribution in [0.15, 0.2) is 29.4 Å². The Morgan fingerprint density at radius 1 is 1.24 bits per heavy atom. The fraction of sp³-hybridized carbons (Fsp3) is 0.0667. The minimum Gasteiger partial charge on any atom is -0.543 e. The number of hydrogen-bond donors (Lipinski definition) is 1. The number of pyridine rings is 1. The third-order valence-electron chi connectivity index (χ3n) is 2.98. The summed E-state index contributed by atoms with van der Waals surface area (Å²) in [5.74, 6) is -2.16. The maximum atomic E-state index is 11.7. The maximum Gasteiger partial charge on any atom is 0.338 e. The normalized spacial score (nSPS) is 10.7. The summed E-state index contributed by atoms with van der Waals surface area (Å²) >= 11 is 17.7. The molecule has 130 valence electrons. The van der Waals surface area contributed by atoms with Crippen LogP contribution in [0.25, 0.3) is 0 Å². The van der Waals surface area contributed by atoms with Crippen LogP contribution in [0, 0.1) is 0 Å². The highest BCUT2D eigenvalue weighted by atomic mass is 35.5. The molecule has 0 amide bonds. The average Bonchev–Trinajstić information content (AvgIpc) is 2.60. The molecular weight excluding hydrogens is 393 g/mol. The fourth-order valence-electron chi connectivity index (χ4n) is 1.82. The second-order valence-electron chi connectivity index (χ2n) is 4.49. The number of hydrazone groups is 1. The van der Waals surface area contributed by atoms with Crippen LogP contribution in [0.5, 0.6) is 0 Å². The lowest BCUT2D eigenvalue weighted by molar-refractivity contribution is -0.255. The molecule has 2 aromatic rings. The molecule has 0 radical (unpaired) electrons. The minimum absolute atomic E-state index is 0.0608. The number of hydrogen-bond acceptors (Lipinski definition) is 7. The number of anilines is 1. The number of aromatic nitrogens is 1. The molecule has 1 aromatic carbocycles. The lowest BCUT2D eigenvalue weighted by atomic mass is 10.1. The number of carbonyl (C=O) groups is 2. The highest BCUT2D eigenvalue weighted by molar-refractivity contribution is 6.46. The average molecular weight is 402 g/mol. The number of benzene rings is 1. The second kappa shape index (κ2) is 8.15. The first-order chi connectivity index (χ1) is 11.9. The number of ether oxygens (including phenoxy) is 1. The third kappa shape index (κ3) is 4.19. The Balaban J connectivity index is 2.36. The van der Waals surface area contributed by atoms with Crippen molar-refractivity contribution < 1.29 is 19.4 Å². The van der Waals surface area contributed by atoms with Crippen molar-refractivity contribution in [3.05, 3.63) is 56.3 Å². The highest BCUT2D eigenvalue weighted by Crippen LogP contribution is 2.36. The summed E-state index contributed by atoms with van der Waals surface area (Å²) in [5.41, 5.74) is 2.59. The molecule has 0 aliphatic rings. The van der Waals surface area contributed by atoms with E-state index < -0.39 is 17.6 Å². The molecule has 1 N–H and O–H groups in total. The number of nitrogens with zero attached hydrogens (tertiary/aromatic N) is 2. The number of carboxylic acid groups (broad SMARTS) is 1. The molecule has 0 fully saturated rings. The maximum absolute atomic E-state index is 11.7. The van der Waals surface area contributed by atoms with Crippen LogP contribution in [0.3, 0.4) is 0 Å². The highest BCUT2D eigenvalue weighted by Gasteiger charge is 2.17. The molecule has 10 heteroatoms. The van der Waals surface area contributed by atoms with Gasteiger partial charge in [0.1, 0.15) is 10.7 Å². The van der Waals surface area contributed by atoms with Gasteiger partial charge in [-0.25, -0.2) is 9.78 Å². The van der Waals surface area contributed by atoms with E-state index in [2.05, 4.69) is 20.2 Å². The van der Waals surface area contributed by atoms with Crippen molar-refractivity contribution in [1.82, 2.24) is 4.98 Å². The predicted octanol–water partition coefficient (Wildman–Crippen LogP) is 2.64. The van der Waals surface area contributed by atoms with E-state index in [1.807, 2.05) is 0 Å². The van der Waals surface area contributed by atoms with Crippen molar-refractivity contribution in [2.45, 2.75) is 0 Å². The molecule has 0 aliphatic heterocycles. The number of methoxy groups -OCH3 is 1. The van der Waals surface area contributed by atoms with Gasteiger partial charge in [0.05, 0.1) is 35.6 Å². The van der Waals surface area contributed by atoms with Crippen molar-refractivity contribution in [2.24, 2.45) is 5.10 Å². The lowest BCUT2D eigenvalue weighted by Crippen LogP contribution is -2.24. The summed E-state index contributed by atoms with van der Waals surface area (Å²) in [6, 6.07) is 6.56. The van der Waals surface area contributed by atoms with Gasteiger partial charge in [-0.05, 0) is 6.07 Å². The fourth-order valence-corrected chi connectivity index (χ4v) is 2.48. The zero-order valence-corrected chi connectivity index (χ0v) is 14.8. The molecule has 0 aliphatic carbocycles. The van der Waals surface area contributed by atoms with Crippen LogP contribution in [-0.4, -0.2) is 30.2 Å². The minimum atomic E-state index is -1.62. The second-order valence-corrected chi connectivity index (χ2v) is 5.60. The SMILES string of the molecule is COC(=O)c1ccccc1/C=N\Nc1c(Cl)c(Cl)nc(C(=O)[O-])c1Cl. The van der Waals surface area contributed by atoms with Gasteiger partial charge in [-0.3, -0.25) is 5.43 Å². The van der Waals surface area contributed by atoms with Gasteiger partial charge in [0, 0.05) is 5.56 Å². The van der Waals surface area contributed by atoms with Gasteiger partial charge in [-0.1, -0.05) is 53.0 Å². The zero-order chi connectivity index (χ0) is 18.6. The van der Waals surface area contributed by atoms with E-state index in [1.54, 1.807) is 24.3 Å². The summed E-state index contributed by atoms with van der Waals surface area (Å²) in [6.45, 7) is 0. The molecule has 0 spiro atoms. The van der Waals surface area contributed by atoms with Crippen LogP contribution in [0.4, 0.5) is 5.69 Å². The number of rotatable bonds is 5. The van der Waals surface area contributed by atoms with E-state index in [9.17, 15) is 14.7 Å². The van der Waals surface area contributed by atoms with Crippen LogP contribution >= 0.6 is 34.8 Å². The standard InChI is InChI=1S/C15H10Cl3N3O4/c1-25-15(24)8-5-3-2-4-7(8)6-19-21-11-9(16)12(14(22)23)20-13(18)10(11)17/h2-6H,1H3,(H,20,21)(H,22,23)/p-1/b19-6-. The molecule has 0 unspecified atom stereocenters. The molecular formula is C15H9Cl3N3O4-. The van der Waals surface area contributed by atoms with Crippen molar-refractivity contribution in [3.8, 4) is 0 Å². The summed E-state index contributed by atoms with van der Waals surface area (Å²) in [5, 5.41) is 14.2. The van der Waals surface area contributed by atoms with E-state index in [4.69, 9.17) is 34.8 Å². The number of nitrogens with one attached hydrogen (secondary N) is 1. The van der Waals surface area contributed by atoms with Crippen LogP contribution in [0.2, 0.25) is 15.2 Å². The quantitative estimate of drug-likeness (QED) is 0.357. The topological polar surface area (TPSA) is 104 Å². The lowest BCUT2D eigenvalue weighted by Gasteiger charge is -2.12. The van der Waals surface area contributed by atoms with Gasteiger partial charge in [-0.15, -0.1) is 0 Å². The number of carboxylic acids is 1. The largest absolute Gasteiger partial charge is 0.543 e. The first kappa shape index (κ1) is 19.0. The molecule has 25 heavy (non-hydrogen) atoms. The first-order valence-electron chi connectivity index (χ1n) is 6.59. The Kier molecular flexibility index (Phi) is 6.19. The van der Waals surface area contributed by atoms with Gasteiger partial charge >= 0.3 is 5.97 Å². The summed E-state index contributed by atoms with van der Waals surface area (Å²) < 4.78 is 4.68. The molecule has 2 rings (SSSR count). The van der Waals surface area contributed by atoms with Crippen molar-refractivity contribution in [2.75, 3.05) is 12.5 Å². The molecule has 1 heterocycles. The Morgan fingerprint density at radius 2 is 1.92 bits per heavy atom. The summed E-state index contributed by atoms with van der Waals surface area (Å²) in [6.07, 6.45) is 1.31. The Hall–Kier alpha value is -2.35. The predicted molar refractivity (Wildman–Crippen MR) is 92.6 cm³/mol. The van der Waals surface area contributed by atoms with Gasteiger partial charge in [0.2, 0.25) is 0 Å².